The molecule has 164 valence electrons. The first-order chi connectivity index (χ1) is 13.7. The van der Waals surface area contributed by atoms with E-state index in [1.165, 1.54) is 0 Å². The standard InChI is InChI=1S/C24H38O5/c1-14(4-7-22(28)29)17-5-6-19-18(9-11-25)20(12-15(2)23(17)19)24(3)10-8-16(26)13-21(24)27/h11,14-20,23,26H,4-10,12-13H2,1-3H3,(H,28,29)/t14?,15-,16?,17?,18?,19?,20?,23?,24?/m0/s1. The molecular formula is C24H38O5. The smallest absolute Gasteiger partial charge is 0.303 e. The van der Waals surface area contributed by atoms with Crippen LogP contribution < -0.4 is 0 Å². The molecule has 0 aromatic rings. The first-order valence-corrected chi connectivity index (χ1v) is 11.6. The van der Waals surface area contributed by atoms with E-state index in [0.717, 1.165) is 32.0 Å². The van der Waals surface area contributed by atoms with Crippen LogP contribution in [0.25, 0.3) is 0 Å². The molecule has 5 nitrogen and oxygen atoms in total. The van der Waals surface area contributed by atoms with Crippen molar-refractivity contribution in [2.24, 2.45) is 46.8 Å². The van der Waals surface area contributed by atoms with Gasteiger partial charge in [-0.15, -0.1) is 0 Å². The van der Waals surface area contributed by atoms with Gasteiger partial charge in [0.15, 0.2) is 0 Å². The van der Waals surface area contributed by atoms with E-state index in [1.54, 1.807) is 0 Å². The van der Waals surface area contributed by atoms with Crippen LogP contribution in [0.1, 0.15) is 78.6 Å². The average molecular weight is 407 g/mol. The van der Waals surface area contributed by atoms with Gasteiger partial charge in [0.05, 0.1) is 6.10 Å². The third-order valence-corrected chi connectivity index (χ3v) is 8.96. The number of aldehydes is 1. The molecule has 2 N–H and O–H groups in total. The lowest BCUT2D eigenvalue weighted by molar-refractivity contribution is -0.145. The van der Waals surface area contributed by atoms with Crippen LogP contribution in [0.15, 0.2) is 0 Å². The Morgan fingerprint density at radius 2 is 2.03 bits per heavy atom. The van der Waals surface area contributed by atoms with Crippen LogP contribution in [-0.2, 0) is 14.4 Å². The van der Waals surface area contributed by atoms with Crippen molar-refractivity contribution in [3.63, 3.8) is 0 Å². The molecule has 3 fully saturated rings. The van der Waals surface area contributed by atoms with Crippen molar-refractivity contribution in [2.45, 2.75) is 84.7 Å². The minimum absolute atomic E-state index is 0.173. The third kappa shape index (κ3) is 4.30. The van der Waals surface area contributed by atoms with E-state index < -0.39 is 17.5 Å². The van der Waals surface area contributed by atoms with Crippen LogP contribution >= 0.6 is 0 Å². The Morgan fingerprint density at radius 3 is 2.66 bits per heavy atom. The normalized spacial score (nSPS) is 43.6. The van der Waals surface area contributed by atoms with Crippen LogP contribution in [0.4, 0.5) is 0 Å². The molecular weight excluding hydrogens is 368 g/mol. The van der Waals surface area contributed by atoms with E-state index in [1.807, 2.05) is 0 Å². The number of aliphatic hydroxyl groups is 1. The summed E-state index contributed by atoms with van der Waals surface area (Å²) < 4.78 is 0. The predicted molar refractivity (Wildman–Crippen MR) is 110 cm³/mol. The molecule has 3 rings (SSSR count). The maximum Gasteiger partial charge on any atom is 0.303 e. The molecule has 0 heterocycles. The molecule has 0 aliphatic heterocycles. The summed E-state index contributed by atoms with van der Waals surface area (Å²) >= 11 is 0. The van der Waals surface area contributed by atoms with Gasteiger partial charge in [0, 0.05) is 24.7 Å². The van der Waals surface area contributed by atoms with Crippen molar-refractivity contribution in [2.75, 3.05) is 0 Å². The second-order valence-electron chi connectivity index (χ2n) is 10.5. The molecule has 0 bridgehead atoms. The van der Waals surface area contributed by atoms with Crippen molar-refractivity contribution in [3.8, 4) is 0 Å². The number of carbonyl (C=O) groups excluding carboxylic acids is 2. The van der Waals surface area contributed by atoms with Gasteiger partial charge in [-0.25, -0.2) is 0 Å². The largest absolute Gasteiger partial charge is 0.481 e. The first kappa shape index (κ1) is 22.5. The Balaban J connectivity index is 1.82. The third-order valence-electron chi connectivity index (χ3n) is 8.96. The van der Waals surface area contributed by atoms with Gasteiger partial charge in [0.1, 0.15) is 12.1 Å². The molecule has 0 spiro atoms. The lowest BCUT2D eigenvalue weighted by Gasteiger charge is -2.53. The number of carbonyl (C=O) groups is 3. The van der Waals surface area contributed by atoms with Gasteiger partial charge in [-0.05, 0) is 80.0 Å². The highest BCUT2D eigenvalue weighted by Gasteiger charge is 2.56. The lowest BCUT2D eigenvalue weighted by atomic mass is 9.51. The highest BCUT2D eigenvalue weighted by Crippen LogP contribution is 2.60. The van der Waals surface area contributed by atoms with E-state index in [0.29, 0.717) is 48.9 Å². The minimum atomic E-state index is -0.729. The molecule has 29 heavy (non-hydrogen) atoms. The van der Waals surface area contributed by atoms with Crippen molar-refractivity contribution in [3.05, 3.63) is 0 Å². The molecule has 3 aliphatic rings. The van der Waals surface area contributed by atoms with Gasteiger partial charge in [0.2, 0.25) is 0 Å². The fourth-order valence-electron chi connectivity index (χ4n) is 7.42. The summed E-state index contributed by atoms with van der Waals surface area (Å²) in [6.07, 6.45) is 6.75. The van der Waals surface area contributed by atoms with E-state index >= 15 is 0 Å². The monoisotopic (exact) mass is 406 g/mol. The second-order valence-corrected chi connectivity index (χ2v) is 10.5. The summed E-state index contributed by atoms with van der Waals surface area (Å²) in [7, 11) is 0. The average Bonchev–Trinajstić information content (AvgIpc) is 3.11. The van der Waals surface area contributed by atoms with Gasteiger partial charge >= 0.3 is 5.97 Å². The van der Waals surface area contributed by atoms with Gasteiger partial charge in [-0.3, -0.25) is 9.59 Å². The number of fused-ring (bicyclic) bond motifs is 1. The van der Waals surface area contributed by atoms with Crippen molar-refractivity contribution >= 4 is 18.0 Å². The molecule has 8 unspecified atom stereocenters. The molecule has 0 aromatic carbocycles. The minimum Gasteiger partial charge on any atom is -0.481 e. The number of aliphatic carboxylic acids is 1. The molecule has 3 saturated carbocycles. The lowest BCUT2D eigenvalue weighted by Crippen LogP contribution is -2.51. The summed E-state index contributed by atoms with van der Waals surface area (Å²) in [5.74, 6) is 2.21. The summed E-state index contributed by atoms with van der Waals surface area (Å²) in [5.41, 5.74) is -0.431. The fourth-order valence-corrected chi connectivity index (χ4v) is 7.42. The quantitative estimate of drug-likeness (QED) is 0.621. The van der Waals surface area contributed by atoms with Gasteiger partial charge in [0.25, 0.3) is 0 Å². The Labute approximate surface area is 174 Å². The molecule has 0 aromatic heterocycles. The number of hydrogen-bond acceptors (Lipinski definition) is 4. The number of carboxylic acid groups (broad SMARTS) is 1. The zero-order valence-corrected chi connectivity index (χ0v) is 18.2. The zero-order valence-electron chi connectivity index (χ0n) is 18.2. The number of carboxylic acids is 1. The topological polar surface area (TPSA) is 91.7 Å². The zero-order chi connectivity index (χ0) is 21.3. The van der Waals surface area contributed by atoms with Crippen molar-refractivity contribution in [1.82, 2.24) is 0 Å². The van der Waals surface area contributed by atoms with Crippen LogP contribution in [0.5, 0.6) is 0 Å². The van der Waals surface area contributed by atoms with Crippen LogP contribution in [0, 0.1) is 46.8 Å². The molecule has 3 aliphatic carbocycles. The fraction of sp³-hybridized carbons (Fsp3) is 0.875. The maximum atomic E-state index is 13.0. The Bertz CT molecular complexity index is 631. The summed E-state index contributed by atoms with van der Waals surface area (Å²) in [4.78, 5) is 35.6. The van der Waals surface area contributed by atoms with Crippen LogP contribution in [0.3, 0.4) is 0 Å². The van der Waals surface area contributed by atoms with Gasteiger partial charge in [-0.2, -0.15) is 0 Å². The number of hydrogen-bond donors (Lipinski definition) is 2. The number of ketones is 1. The van der Waals surface area contributed by atoms with Crippen molar-refractivity contribution in [1.29, 1.82) is 0 Å². The maximum absolute atomic E-state index is 13.0. The van der Waals surface area contributed by atoms with Crippen molar-refractivity contribution < 1.29 is 24.6 Å². The Morgan fingerprint density at radius 1 is 1.31 bits per heavy atom. The molecule has 0 amide bonds. The second kappa shape index (κ2) is 8.87. The number of Topliss-reactive ketones (excluding diaryl/α,β-unsaturated/α-hetero) is 1. The first-order valence-electron chi connectivity index (χ1n) is 11.6. The van der Waals surface area contributed by atoms with E-state index in [-0.39, 0.29) is 30.5 Å². The molecule has 0 saturated heterocycles. The Hall–Kier alpha value is -1.23. The molecule has 0 radical (unpaired) electrons. The SMILES string of the molecule is CC(CCC(=O)O)C1CCC2C(CC=O)C(C3(C)CCC(O)CC3=O)C[C@H](C)C12. The van der Waals surface area contributed by atoms with Crippen LogP contribution in [0.2, 0.25) is 0 Å². The summed E-state index contributed by atoms with van der Waals surface area (Å²) in [6.45, 7) is 6.57. The number of aliphatic hydroxyl groups excluding tert-OH is 1. The van der Waals surface area contributed by atoms with Crippen LogP contribution in [-0.4, -0.2) is 34.4 Å². The predicted octanol–water partition coefficient (Wildman–Crippen LogP) is 4.11. The Kier molecular flexibility index (Phi) is 6.87. The molecule has 9 atom stereocenters. The summed E-state index contributed by atoms with van der Waals surface area (Å²) in [6, 6.07) is 0. The van der Waals surface area contributed by atoms with E-state index in [9.17, 15) is 19.5 Å². The van der Waals surface area contributed by atoms with Gasteiger partial charge in [-0.1, -0.05) is 20.8 Å². The van der Waals surface area contributed by atoms with E-state index in [2.05, 4.69) is 20.8 Å². The van der Waals surface area contributed by atoms with E-state index in [4.69, 9.17) is 5.11 Å². The molecule has 5 heteroatoms. The van der Waals surface area contributed by atoms with Gasteiger partial charge < -0.3 is 15.0 Å². The summed E-state index contributed by atoms with van der Waals surface area (Å²) in [5, 5.41) is 19.0. The highest BCUT2D eigenvalue weighted by atomic mass is 16.4. The highest BCUT2D eigenvalue weighted by molar-refractivity contribution is 5.86. The number of rotatable bonds is 7.